The zero-order valence-corrected chi connectivity index (χ0v) is 10.5. The van der Waals surface area contributed by atoms with Crippen molar-refractivity contribution in [2.45, 2.75) is 13.3 Å². The Hall–Kier alpha value is -1.74. The van der Waals surface area contributed by atoms with E-state index in [-0.39, 0.29) is 12.2 Å². The van der Waals surface area contributed by atoms with Gasteiger partial charge in [-0.25, -0.2) is 4.39 Å². The van der Waals surface area contributed by atoms with E-state index >= 15 is 0 Å². The van der Waals surface area contributed by atoms with E-state index in [1.807, 2.05) is 6.92 Å². The number of hydrogen-bond acceptors (Lipinski definition) is 2. The van der Waals surface area contributed by atoms with E-state index in [0.717, 1.165) is 5.56 Å². The molecule has 92 valence electrons. The number of pyridine rings is 1. The first-order chi connectivity index (χ1) is 8.58. The SMILES string of the molecule is Cc1cnccc1C(=O)Cc1cc(F)ccc1Cl. The Bertz CT molecular complexity index is 598. The summed E-state index contributed by atoms with van der Waals surface area (Å²) < 4.78 is 13.1. The fraction of sp³-hybridized carbons (Fsp3) is 0.143. The topological polar surface area (TPSA) is 30.0 Å². The summed E-state index contributed by atoms with van der Waals surface area (Å²) in [6, 6.07) is 5.68. The number of carbonyl (C=O) groups excluding carboxylic acids is 1. The normalized spacial score (nSPS) is 10.4. The van der Waals surface area contributed by atoms with Gasteiger partial charge in [-0.3, -0.25) is 9.78 Å². The molecule has 1 aromatic heterocycles. The predicted octanol–water partition coefficient (Wildman–Crippen LogP) is 3.61. The molecule has 0 atom stereocenters. The van der Waals surface area contributed by atoms with Crippen LogP contribution < -0.4 is 0 Å². The molecule has 0 spiro atoms. The Morgan fingerprint density at radius 1 is 1.39 bits per heavy atom. The van der Waals surface area contributed by atoms with Crippen LogP contribution in [0.2, 0.25) is 5.02 Å². The van der Waals surface area contributed by atoms with Crippen molar-refractivity contribution in [3.05, 3.63) is 64.2 Å². The minimum absolute atomic E-state index is 0.0848. The van der Waals surface area contributed by atoms with Crippen LogP contribution in [0, 0.1) is 12.7 Å². The molecule has 0 aliphatic rings. The average molecular weight is 264 g/mol. The largest absolute Gasteiger partial charge is 0.294 e. The molecule has 2 rings (SSSR count). The Balaban J connectivity index is 2.27. The fourth-order valence-corrected chi connectivity index (χ4v) is 1.92. The maximum Gasteiger partial charge on any atom is 0.167 e. The van der Waals surface area contributed by atoms with E-state index in [4.69, 9.17) is 11.6 Å². The predicted molar refractivity (Wildman–Crippen MR) is 68.4 cm³/mol. The van der Waals surface area contributed by atoms with Gasteiger partial charge in [0.2, 0.25) is 0 Å². The van der Waals surface area contributed by atoms with Gasteiger partial charge in [0.25, 0.3) is 0 Å². The Labute approximate surface area is 109 Å². The van der Waals surface area contributed by atoms with Crippen LogP contribution in [0.4, 0.5) is 4.39 Å². The van der Waals surface area contributed by atoms with Crippen molar-refractivity contribution < 1.29 is 9.18 Å². The number of aryl methyl sites for hydroxylation is 1. The molecule has 0 bridgehead atoms. The minimum Gasteiger partial charge on any atom is -0.294 e. The van der Waals surface area contributed by atoms with E-state index in [2.05, 4.69) is 4.98 Å². The van der Waals surface area contributed by atoms with E-state index in [1.165, 1.54) is 18.2 Å². The number of halogens is 2. The van der Waals surface area contributed by atoms with Crippen LogP contribution in [0.25, 0.3) is 0 Å². The molecule has 2 nitrogen and oxygen atoms in total. The number of ketones is 1. The number of aromatic nitrogens is 1. The second kappa shape index (κ2) is 5.27. The number of carbonyl (C=O) groups is 1. The van der Waals surface area contributed by atoms with Gasteiger partial charge in [0.1, 0.15) is 5.82 Å². The summed E-state index contributed by atoms with van der Waals surface area (Å²) in [5, 5.41) is 0.399. The minimum atomic E-state index is -0.395. The molecule has 2 aromatic rings. The molecule has 0 saturated carbocycles. The average Bonchev–Trinajstić information content (AvgIpc) is 2.34. The molecule has 0 saturated heterocycles. The van der Waals surface area contributed by atoms with Crippen LogP contribution in [-0.2, 0) is 6.42 Å². The van der Waals surface area contributed by atoms with Gasteiger partial charge < -0.3 is 0 Å². The summed E-state index contributed by atoms with van der Waals surface area (Å²) in [6.07, 6.45) is 3.27. The summed E-state index contributed by atoms with van der Waals surface area (Å²) in [6.45, 7) is 1.81. The summed E-state index contributed by atoms with van der Waals surface area (Å²) in [5.74, 6) is -0.490. The molecule has 18 heavy (non-hydrogen) atoms. The lowest BCUT2D eigenvalue weighted by atomic mass is 10.0. The van der Waals surface area contributed by atoms with Gasteiger partial charge in [-0.05, 0) is 42.3 Å². The second-order valence-electron chi connectivity index (χ2n) is 4.03. The van der Waals surface area contributed by atoms with E-state index in [1.54, 1.807) is 18.5 Å². The third kappa shape index (κ3) is 2.74. The highest BCUT2D eigenvalue weighted by Gasteiger charge is 2.12. The number of nitrogens with zero attached hydrogens (tertiary/aromatic N) is 1. The maximum absolute atomic E-state index is 13.1. The Kier molecular flexibility index (Phi) is 3.72. The van der Waals surface area contributed by atoms with Gasteiger partial charge in [-0.15, -0.1) is 0 Å². The first kappa shape index (κ1) is 12.7. The number of benzene rings is 1. The van der Waals surface area contributed by atoms with E-state index < -0.39 is 5.82 Å². The lowest BCUT2D eigenvalue weighted by Gasteiger charge is -2.06. The van der Waals surface area contributed by atoms with Crippen molar-refractivity contribution in [1.82, 2.24) is 4.98 Å². The highest BCUT2D eigenvalue weighted by atomic mass is 35.5. The van der Waals surface area contributed by atoms with E-state index in [9.17, 15) is 9.18 Å². The summed E-state index contributed by atoms with van der Waals surface area (Å²) in [7, 11) is 0. The zero-order chi connectivity index (χ0) is 13.1. The standard InChI is InChI=1S/C14H11ClFNO/c1-9-8-17-5-4-12(9)14(18)7-10-6-11(16)2-3-13(10)15/h2-6,8H,7H2,1H3. The van der Waals surface area contributed by atoms with Crippen molar-refractivity contribution in [3.8, 4) is 0 Å². The molecule has 0 aliphatic carbocycles. The molecule has 1 aromatic carbocycles. The molecular formula is C14H11ClFNO. The lowest BCUT2D eigenvalue weighted by molar-refractivity contribution is 0.0992. The molecular weight excluding hydrogens is 253 g/mol. The third-order valence-corrected chi connectivity index (χ3v) is 3.05. The molecule has 0 N–H and O–H groups in total. The van der Waals surface area contributed by atoms with Crippen LogP contribution in [0.3, 0.4) is 0 Å². The van der Waals surface area contributed by atoms with Crippen molar-refractivity contribution in [2.75, 3.05) is 0 Å². The quantitative estimate of drug-likeness (QED) is 0.792. The smallest absolute Gasteiger partial charge is 0.167 e. The molecule has 1 heterocycles. The summed E-state index contributed by atoms with van der Waals surface area (Å²) in [5.41, 5.74) is 1.89. The molecule has 0 aliphatic heterocycles. The molecule has 4 heteroatoms. The molecule has 0 fully saturated rings. The van der Waals surface area contributed by atoms with Crippen LogP contribution in [-0.4, -0.2) is 10.8 Å². The van der Waals surface area contributed by atoms with E-state index in [0.29, 0.717) is 16.1 Å². The first-order valence-electron chi connectivity index (χ1n) is 5.45. The van der Waals surface area contributed by atoms with Crippen LogP contribution in [0.1, 0.15) is 21.5 Å². The molecule has 0 amide bonds. The van der Waals surface area contributed by atoms with Gasteiger partial charge in [-0.1, -0.05) is 11.6 Å². The van der Waals surface area contributed by atoms with Gasteiger partial charge >= 0.3 is 0 Å². The summed E-state index contributed by atoms with van der Waals surface area (Å²) >= 11 is 5.94. The van der Waals surface area contributed by atoms with Crippen LogP contribution >= 0.6 is 11.6 Å². The van der Waals surface area contributed by atoms with Crippen molar-refractivity contribution >= 4 is 17.4 Å². The van der Waals surface area contributed by atoms with Crippen molar-refractivity contribution in [2.24, 2.45) is 0 Å². The number of Topliss-reactive ketones (excluding diaryl/α,β-unsaturated/α-hetero) is 1. The van der Waals surface area contributed by atoms with Crippen LogP contribution in [0.5, 0.6) is 0 Å². The van der Waals surface area contributed by atoms with Gasteiger partial charge in [0, 0.05) is 29.4 Å². The van der Waals surface area contributed by atoms with Gasteiger partial charge in [-0.2, -0.15) is 0 Å². The second-order valence-corrected chi connectivity index (χ2v) is 4.43. The monoisotopic (exact) mass is 263 g/mol. The number of hydrogen-bond donors (Lipinski definition) is 0. The maximum atomic E-state index is 13.1. The highest BCUT2D eigenvalue weighted by molar-refractivity contribution is 6.31. The Morgan fingerprint density at radius 3 is 2.89 bits per heavy atom. The Morgan fingerprint density at radius 2 is 2.17 bits per heavy atom. The summed E-state index contributed by atoms with van der Waals surface area (Å²) in [4.78, 5) is 16.0. The van der Waals surface area contributed by atoms with Gasteiger partial charge in [0.05, 0.1) is 0 Å². The zero-order valence-electron chi connectivity index (χ0n) is 9.78. The van der Waals surface area contributed by atoms with Crippen LogP contribution in [0.15, 0.2) is 36.7 Å². The van der Waals surface area contributed by atoms with Gasteiger partial charge in [0.15, 0.2) is 5.78 Å². The fourth-order valence-electron chi connectivity index (χ4n) is 1.73. The third-order valence-electron chi connectivity index (χ3n) is 2.68. The molecule has 0 unspecified atom stereocenters. The molecule has 0 radical (unpaired) electrons. The van der Waals surface area contributed by atoms with Crippen molar-refractivity contribution in [3.63, 3.8) is 0 Å². The van der Waals surface area contributed by atoms with Crippen molar-refractivity contribution in [1.29, 1.82) is 0 Å². The lowest BCUT2D eigenvalue weighted by Crippen LogP contribution is -2.06. The number of rotatable bonds is 3. The highest BCUT2D eigenvalue weighted by Crippen LogP contribution is 2.19. The first-order valence-corrected chi connectivity index (χ1v) is 5.83.